The minimum absolute atomic E-state index is 0.00120. The summed E-state index contributed by atoms with van der Waals surface area (Å²) in [4.78, 5) is 32.1. The average Bonchev–Trinajstić information content (AvgIpc) is 3.05. The van der Waals surface area contributed by atoms with Crippen LogP contribution in [0.5, 0.6) is 0 Å². The van der Waals surface area contributed by atoms with Gasteiger partial charge in [0.1, 0.15) is 11.9 Å². The number of ether oxygens (including phenoxy) is 1. The number of rotatable bonds is 7. The molecule has 4 rings (SSSR count). The summed E-state index contributed by atoms with van der Waals surface area (Å²) in [6, 6.07) is 11.9. The van der Waals surface area contributed by atoms with Crippen LogP contribution in [0.4, 0.5) is 35.0 Å². The lowest BCUT2D eigenvalue weighted by Gasteiger charge is -2.24. The van der Waals surface area contributed by atoms with Crippen molar-refractivity contribution in [3.8, 4) is 0 Å². The molecule has 0 radical (unpaired) electrons. The van der Waals surface area contributed by atoms with E-state index < -0.39 is 30.3 Å². The predicted octanol–water partition coefficient (Wildman–Crippen LogP) is 2.37. The highest BCUT2D eigenvalue weighted by Gasteiger charge is 2.33. The molecule has 0 aromatic heterocycles. The van der Waals surface area contributed by atoms with Crippen LogP contribution >= 0.6 is 0 Å². The quantitative estimate of drug-likeness (QED) is 0.572. The first kappa shape index (κ1) is 24.6. The zero-order chi connectivity index (χ0) is 24.9. The van der Waals surface area contributed by atoms with Gasteiger partial charge in [0.25, 0.3) is 5.91 Å². The maximum Gasteiger partial charge on any atom is 0.414 e. The lowest BCUT2D eigenvalue weighted by molar-refractivity contribution is -0.154. The van der Waals surface area contributed by atoms with Crippen LogP contribution in [-0.4, -0.2) is 68.9 Å². The Kier molecular flexibility index (Phi) is 7.61. The first-order valence-electron chi connectivity index (χ1n) is 11.1. The second-order valence-electron chi connectivity index (χ2n) is 8.22. The van der Waals surface area contributed by atoms with Crippen molar-refractivity contribution < 1.29 is 32.3 Å². The largest absolute Gasteiger partial charge is 0.442 e. The number of nitrogens with zero attached hydrogens (tertiary/aromatic N) is 3. The first-order valence-corrected chi connectivity index (χ1v) is 11.1. The van der Waals surface area contributed by atoms with Crippen LogP contribution < -0.4 is 20.9 Å². The van der Waals surface area contributed by atoms with E-state index >= 15 is 4.39 Å². The Balaban J connectivity index is 1.35. The fourth-order valence-electron chi connectivity index (χ4n) is 3.93. The Labute approximate surface area is 200 Å². The van der Waals surface area contributed by atoms with Gasteiger partial charge in [-0.25, -0.2) is 9.18 Å². The van der Waals surface area contributed by atoms with Crippen LogP contribution in [0.15, 0.2) is 42.5 Å². The van der Waals surface area contributed by atoms with E-state index in [1.54, 1.807) is 12.1 Å². The van der Waals surface area contributed by atoms with Gasteiger partial charge >= 0.3 is 12.5 Å². The summed E-state index contributed by atoms with van der Waals surface area (Å²) in [6.07, 6.45) is -4.71. The average molecular weight is 493 g/mol. The van der Waals surface area contributed by atoms with Crippen molar-refractivity contribution in [1.82, 2.24) is 10.4 Å². The normalized spacial score (nSPS) is 19.1. The highest BCUT2D eigenvalue weighted by Crippen LogP contribution is 2.28. The molecule has 2 aromatic rings. The Bertz CT molecular complexity index is 1060. The van der Waals surface area contributed by atoms with Crippen molar-refractivity contribution in [2.24, 2.45) is 0 Å². The summed E-state index contributed by atoms with van der Waals surface area (Å²) >= 11 is 0. The Morgan fingerprint density at radius 1 is 1.14 bits per heavy atom. The van der Waals surface area contributed by atoms with Crippen molar-refractivity contribution in [2.45, 2.75) is 19.1 Å². The van der Waals surface area contributed by atoms with Gasteiger partial charge in [-0.2, -0.15) is 13.8 Å². The molecule has 0 bridgehead atoms. The van der Waals surface area contributed by atoms with Gasteiger partial charge in [-0.15, -0.1) is 0 Å². The number of alkyl halides is 2. The van der Waals surface area contributed by atoms with Crippen molar-refractivity contribution >= 4 is 29.1 Å². The highest BCUT2D eigenvalue weighted by atomic mass is 19.3. The van der Waals surface area contributed by atoms with E-state index in [1.807, 2.05) is 39.5 Å². The zero-order valence-corrected chi connectivity index (χ0v) is 18.8. The maximum absolute atomic E-state index is 15.0. The van der Waals surface area contributed by atoms with Crippen molar-refractivity contribution in [3.63, 3.8) is 0 Å². The number of nitrogens with two attached hydrogens (primary N) is 1. The van der Waals surface area contributed by atoms with Gasteiger partial charge < -0.3 is 20.7 Å². The molecule has 2 aliphatic heterocycles. The minimum Gasteiger partial charge on any atom is -0.442 e. The van der Waals surface area contributed by atoms with Gasteiger partial charge in [0.05, 0.1) is 31.1 Å². The van der Waals surface area contributed by atoms with Gasteiger partial charge in [0.2, 0.25) is 0 Å². The number of cyclic esters (lactones) is 1. The van der Waals surface area contributed by atoms with Crippen LogP contribution in [0.1, 0.15) is 5.56 Å². The number of anilines is 3. The van der Waals surface area contributed by atoms with Crippen molar-refractivity contribution in [2.75, 3.05) is 54.9 Å². The molecule has 3 N–H and O–H groups in total. The van der Waals surface area contributed by atoms with Crippen molar-refractivity contribution in [3.05, 3.63) is 53.8 Å². The van der Waals surface area contributed by atoms with Gasteiger partial charge in [-0.1, -0.05) is 12.1 Å². The highest BCUT2D eigenvalue weighted by molar-refractivity contribution is 5.90. The molecule has 2 heterocycles. The number of nitrogen functional groups attached to an aromatic ring is 1. The van der Waals surface area contributed by atoms with E-state index in [-0.39, 0.29) is 18.8 Å². The Hall–Kier alpha value is -3.51. The molecule has 2 saturated heterocycles. The standard InChI is InChI=1S/C23H26F3N5O4/c24-19-11-17(31-14-18(35-23(31)33)12-28-22(32)21(25)26)5-6-20(19)29-7-8-30(34-10-9-29)13-15-1-3-16(27)4-2-15/h1-6,11,18,21H,7-10,12-14,27H2,(H,28,32)/t18-/m0/s1. The van der Waals surface area contributed by atoms with Crippen LogP contribution in [0.3, 0.4) is 0 Å². The van der Waals surface area contributed by atoms with Gasteiger partial charge in [-0.05, 0) is 35.9 Å². The molecular formula is C23H26F3N5O4. The number of amides is 2. The molecule has 188 valence electrons. The smallest absolute Gasteiger partial charge is 0.414 e. The van der Waals surface area contributed by atoms with E-state index in [1.165, 1.54) is 11.0 Å². The molecule has 2 aliphatic rings. The van der Waals surface area contributed by atoms with Gasteiger partial charge in [0, 0.05) is 31.9 Å². The summed E-state index contributed by atoms with van der Waals surface area (Å²) in [5.74, 6) is -1.96. The lowest BCUT2D eigenvalue weighted by atomic mass is 10.2. The number of carbonyl (C=O) groups is 2. The minimum atomic E-state index is -3.15. The molecule has 12 heteroatoms. The second kappa shape index (κ2) is 10.8. The van der Waals surface area contributed by atoms with E-state index in [0.717, 1.165) is 5.56 Å². The third kappa shape index (κ3) is 6.14. The van der Waals surface area contributed by atoms with E-state index in [9.17, 15) is 18.4 Å². The number of benzene rings is 2. The summed E-state index contributed by atoms with van der Waals surface area (Å²) in [5.41, 5.74) is 8.11. The van der Waals surface area contributed by atoms with Crippen molar-refractivity contribution in [1.29, 1.82) is 0 Å². The fourth-order valence-corrected chi connectivity index (χ4v) is 3.93. The Morgan fingerprint density at radius 2 is 1.91 bits per heavy atom. The third-order valence-electron chi connectivity index (χ3n) is 5.75. The number of hydroxylamine groups is 2. The summed E-state index contributed by atoms with van der Waals surface area (Å²) < 4.78 is 44.8. The molecule has 9 nitrogen and oxygen atoms in total. The molecule has 2 amide bonds. The third-order valence-corrected chi connectivity index (χ3v) is 5.75. The molecule has 0 unspecified atom stereocenters. The molecule has 0 saturated carbocycles. The predicted molar refractivity (Wildman–Crippen MR) is 122 cm³/mol. The second-order valence-corrected chi connectivity index (χ2v) is 8.22. The molecular weight excluding hydrogens is 467 g/mol. The molecule has 2 aromatic carbocycles. The molecule has 35 heavy (non-hydrogen) atoms. The number of carbonyl (C=O) groups excluding carboxylic acids is 2. The summed E-state index contributed by atoms with van der Waals surface area (Å²) in [7, 11) is 0. The SMILES string of the molecule is Nc1ccc(CN2CCN(c3ccc(N4C[C@H](CNC(=O)C(F)F)OC4=O)cc3F)CCO2)cc1. The van der Waals surface area contributed by atoms with E-state index in [2.05, 4.69) is 0 Å². The number of hydrogen-bond donors (Lipinski definition) is 2. The molecule has 0 spiro atoms. The monoisotopic (exact) mass is 493 g/mol. The van der Waals surface area contributed by atoms with Gasteiger partial charge in [0.15, 0.2) is 0 Å². The summed E-state index contributed by atoms with van der Waals surface area (Å²) in [6.45, 7) is 2.25. The van der Waals surface area contributed by atoms with Crippen LogP contribution in [0.25, 0.3) is 0 Å². The van der Waals surface area contributed by atoms with Gasteiger partial charge in [-0.3, -0.25) is 14.5 Å². The lowest BCUT2D eigenvalue weighted by Crippen LogP contribution is -2.37. The number of halogens is 3. The molecule has 2 fully saturated rings. The Morgan fingerprint density at radius 3 is 2.63 bits per heavy atom. The first-order chi connectivity index (χ1) is 16.8. The van der Waals surface area contributed by atoms with Crippen LogP contribution in [-0.2, 0) is 20.9 Å². The van der Waals surface area contributed by atoms with E-state index in [0.29, 0.717) is 44.2 Å². The maximum atomic E-state index is 15.0. The van der Waals surface area contributed by atoms with Crippen LogP contribution in [0.2, 0.25) is 0 Å². The topological polar surface area (TPSA) is 100 Å². The van der Waals surface area contributed by atoms with E-state index in [4.69, 9.17) is 15.3 Å². The number of hydrogen-bond acceptors (Lipinski definition) is 7. The van der Waals surface area contributed by atoms with Crippen LogP contribution in [0, 0.1) is 5.82 Å². The fraction of sp³-hybridized carbons (Fsp3) is 0.391. The number of nitrogens with one attached hydrogen (secondary N) is 1. The molecule has 0 aliphatic carbocycles. The zero-order valence-electron chi connectivity index (χ0n) is 18.8. The molecule has 1 atom stereocenters. The summed E-state index contributed by atoms with van der Waals surface area (Å²) in [5, 5.41) is 3.84.